The van der Waals surface area contributed by atoms with Crippen molar-refractivity contribution in [2.24, 2.45) is 0 Å². The van der Waals surface area contributed by atoms with Crippen LogP contribution in [0.2, 0.25) is 0 Å². The Morgan fingerprint density at radius 1 is 0.263 bits per heavy atom. The van der Waals surface area contributed by atoms with Crippen molar-refractivity contribution in [3.63, 3.8) is 0 Å². The predicted molar refractivity (Wildman–Crippen MR) is 348 cm³/mol. The van der Waals surface area contributed by atoms with Crippen LogP contribution in [0.4, 0.5) is 0 Å². The second-order valence-corrected chi connectivity index (χ2v) is 22.0. The van der Waals surface area contributed by atoms with Crippen LogP contribution >= 0.6 is 0 Å². The van der Waals surface area contributed by atoms with E-state index in [1.807, 2.05) is 0 Å². The minimum Gasteiger partial charge on any atom is -0.462 e. The number of unbranched alkanes of at least 4 members (excludes halogenated alkanes) is 29. The molecule has 0 saturated carbocycles. The average molecular weight is 1110 g/mol. The minimum atomic E-state index is -0.794. The quantitative estimate of drug-likeness (QED) is 0.0261. The summed E-state index contributed by atoms with van der Waals surface area (Å²) < 4.78 is 16.9. The van der Waals surface area contributed by atoms with Gasteiger partial charge in [-0.05, 0) is 128 Å². The number of esters is 3. The predicted octanol–water partition coefficient (Wildman–Crippen LogP) is 23.2. The maximum Gasteiger partial charge on any atom is 0.306 e. The molecule has 0 saturated heterocycles. The highest BCUT2D eigenvalue weighted by Crippen LogP contribution is 2.16. The number of carbonyl (C=O) groups is 3. The van der Waals surface area contributed by atoms with Gasteiger partial charge in [-0.2, -0.15) is 0 Å². The van der Waals surface area contributed by atoms with Gasteiger partial charge in [-0.3, -0.25) is 14.4 Å². The maximum atomic E-state index is 12.9. The van der Waals surface area contributed by atoms with Gasteiger partial charge in [-0.25, -0.2) is 0 Å². The normalized spacial score (nSPS) is 12.9. The summed E-state index contributed by atoms with van der Waals surface area (Å²) in [5, 5.41) is 0. The molecule has 6 nitrogen and oxygen atoms in total. The van der Waals surface area contributed by atoms with Crippen LogP contribution in [0.5, 0.6) is 0 Å². The molecule has 1 unspecified atom stereocenters. The lowest BCUT2D eigenvalue weighted by atomic mass is 10.0. The molecule has 0 radical (unpaired) electrons. The zero-order valence-electron chi connectivity index (χ0n) is 52.3. The first-order valence-electron chi connectivity index (χ1n) is 33.5. The molecule has 6 heteroatoms. The lowest BCUT2D eigenvalue weighted by Crippen LogP contribution is -2.30. The molecular formula is C74H124O6. The van der Waals surface area contributed by atoms with Gasteiger partial charge in [0.1, 0.15) is 13.2 Å². The molecule has 0 fully saturated rings. The summed E-state index contributed by atoms with van der Waals surface area (Å²) in [4.78, 5) is 38.3. The van der Waals surface area contributed by atoms with Crippen LogP contribution in [0.1, 0.15) is 310 Å². The maximum absolute atomic E-state index is 12.9. The standard InChI is InChI=1S/C74H124O6/c1-4-7-10-13-16-19-22-25-28-29-30-31-32-33-34-35-36-37-38-39-40-41-42-43-44-45-47-49-52-55-58-61-64-67-73(76)79-70-71(69-78-72(75)66-63-60-57-54-51-48-27-24-21-18-15-12-9-6-3)80-74(77)68-65-62-59-56-53-50-46-26-23-20-17-14-11-8-5-2/h7,10,15-20,24-28,30-31,33-34,36-37,46,71H,4-6,8-9,11-14,21-23,29,32,35,38-45,47-70H2,1-3H3/b10-7-,18-15-,19-16-,20-17-,27-24-,28-25-,31-30-,34-33-,37-36-,46-26-. The van der Waals surface area contributed by atoms with Crippen molar-refractivity contribution in [3.8, 4) is 0 Å². The molecular weight excluding hydrogens is 985 g/mol. The van der Waals surface area contributed by atoms with E-state index in [0.29, 0.717) is 19.3 Å². The average Bonchev–Trinajstić information content (AvgIpc) is 3.46. The van der Waals surface area contributed by atoms with E-state index in [4.69, 9.17) is 14.2 Å². The Morgan fingerprint density at radius 3 is 0.800 bits per heavy atom. The Morgan fingerprint density at radius 2 is 0.500 bits per heavy atom. The van der Waals surface area contributed by atoms with E-state index in [1.165, 1.54) is 122 Å². The molecule has 0 rings (SSSR count). The van der Waals surface area contributed by atoms with Crippen molar-refractivity contribution in [1.29, 1.82) is 0 Å². The van der Waals surface area contributed by atoms with Gasteiger partial charge < -0.3 is 14.2 Å². The summed E-state index contributed by atoms with van der Waals surface area (Å²) >= 11 is 0. The third kappa shape index (κ3) is 64.6. The topological polar surface area (TPSA) is 78.9 Å². The first kappa shape index (κ1) is 75.8. The fraction of sp³-hybridized carbons (Fsp3) is 0.689. The highest BCUT2D eigenvalue weighted by molar-refractivity contribution is 5.71. The second kappa shape index (κ2) is 67.3. The largest absolute Gasteiger partial charge is 0.462 e. The molecule has 0 spiro atoms. The van der Waals surface area contributed by atoms with Crippen LogP contribution in [-0.4, -0.2) is 37.2 Å². The van der Waals surface area contributed by atoms with E-state index in [-0.39, 0.29) is 31.1 Å². The van der Waals surface area contributed by atoms with Gasteiger partial charge in [0, 0.05) is 19.3 Å². The summed E-state index contributed by atoms with van der Waals surface area (Å²) in [7, 11) is 0. The van der Waals surface area contributed by atoms with Crippen LogP contribution in [0, 0.1) is 0 Å². The monoisotopic (exact) mass is 1110 g/mol. The third-order valence-corrected chi connectivity index (χ3v) is 14.2. The number of carbonyl (C=O) groups excluding carboxylic acids is 3. The molecule has 0 aliphatic heterocycles. The second-order valence-electron chi connectivity index (χ2n) is 22.0. The molecule has 456 valence electrons. The van der Waals surface area contributed by atoms with Crippen molar-refractivity contribution in [1.82, 2.24) is 0 Å². The molecule has 0 N–H and O–H groups in total. The van der Waals surface area contributed by atoms with Gasteiger partial charge in [0.15, 0.2) is 6.10 Å². The molecule has 80 heavy (non-hydrogen) atoms. The van der Waals surface area contributed by atoms with Gasteiger partial charge >= 0.3 is 17.9 Å². The number of allylic oxidation sites excluding steroid dienone is 20. The van der Waals surface area contributed by atoms with Crippen LogP contribution in [0.25, 0.3) is 0 Å². The number of rotatable bonds is 60. The van der Waals surface area contributed by atoms with Gasteiger partial charge in [0.2, 0.25) is 0 Å². The lowest BCUT2D eigenvalue weighted by Gasteiger charge is -2.18. The van der Waals surface area contributed by atoms with Gasteiger partial charge in [-0.15, -0.1) is 0 Å². The van der Waals surface area contributed by atoms with Crippen LogP contribution in [-0.2, 0) is 28.6 Å². The summed E-state index contributed by atoms with van der Waals surface area (Å²) in [6, 6.07) is 0. The molecule has 0 aliphatic carbocycles. The first-order chi connectivity index (χ1) is 39.5. The van der Waals surface area contributed by atoms with E-state index < -0.39 is 6.10 Å². The zero-order chi connectivity index (χ0) is 57.8. The van der Waals surface area contributed by atoms with Crippen LogP contribution in [0.15, 0.2) is 122 Å². The molecule has 0 aromatic rings. The fourth-order valence-electron chi connectivity index (χ4n) is 9.14. The van der Waals surface area contributed by atoms with Crippen molar-refractivity contribution < 1.29 is 28.6 Å². The van der Waals surface area contributed by atoms with Gasteiger partial charge in [-0.1, -0.05) is 284 Å². The van der Waals surface area contributed by atoms with E-state index in [1.54, 1.807) is 0 Å². The Labute approximate surface area is 494 Å². The van der Waals surface area contributed by atoms with E-state index in [2.05, 4.69) is 142 Å². The summed E-state index contributed by atoms with van der Waals surface area (Å²) in [6.45, 7) is 6.45. The smallest absolute Gasteiger partial charge is 0.306 e. The molecule has 0 aromatic carbocycles. The summed E-state index contributed by atoms with van der Waals surface area (Å²) in [5.41, 5.74) is 0. The van der Waals surface area contributed by atoms with Crippen molar-refractivity contribution >= 4 is 17.9 Å². The van der Waals surface area contributed by atoms with E-state index in [9.17, 15) is 14.4 Å². The molecule has 0 heterocycles. The van der Waals surface area contributed by atoms with Crippen LogP contribution in [0.3, 0.4) is 0 Å². The van der Waals surface area contributed by atoms with Gasteiger partial charge in [0.25, 0.3) is 0 Å². The number of ether oxygens (including phenoxy) is 3. The molecule has 0 aliphatic rings. The van der Waals surface area contributed by atoms with Crippen LogP contribution < -0.4 is 0 Å². The Hall–Kier alpha value is -4.19. The fourth-order valence-corrected chi connectivity index (χ4v) is 9.14. The Balaban J connectivity index is 4.22. The van der Waals surface area contributed by atoms with E-state index >= 15 is 0 Å². The van der Waals surface area contributed by atoms with Crippen molar-refractivity contribution in [3.05, 3.63) is 122 Å². The Kier molecular flexibility index (Phi) is 63.8. The molecule has 1 atom stereocenters. The van der Waals surface area contributed by atoms with Crippen molar-refractivity contribution in [2.75, 3.05) is 13.2 Å². The summed E-state index contributed by atoms with van der Waals surface area (Å²) in [5.74, 6) is -0.911. The van der Waals surface area contributed by atoms with E-state index in [0.717, 1.165) is 148 Å². The number of hydrogen-bond donors (Lipinski definition) is 0. The minimum absolute atomic E-state index is 0.0886. The van der Waals surface area contributed by atoms with Gasteiger partial charge in [0.05, 0.1) is 0 Å². The lowest BCUT2D eigenvalue weighted by molar-refractivity contribution is -0.167. The highest BCUT2D eigenvalue weighted by Gasteiger charge is 2.19. The highest BCUT2D eigenvalue weighted by atomic mass is 16.6. The first-order valence-corrected chi connectivity index (χ1v) is 33.5. The SMILES string of the molecule is CC/C=C\C/C=C\C/C=C\C/C=C\C/C=C\C/C=C\CCCCCCCCCCCCCCCCC(=O)OCC(COC(=O)CCCCCCC/C=C\C/C=C\CCCC)OC(=O)CCCCCCC/C=C\C/C=C\CCCCC. The van der Waals surface area contributed by atoms with Crippen molar-refractivity contribution in [2.45, 2.75) is 316 Å². The molecule has 0 aromatic heterocycles. The molecule has 0 bridgehead atoms. The Bertz CT molecular complexity index is 1650. The third-order valence-electron chi connectivity index (χ3n) is 14.2. The molecule has 0 amide bonds. The zero-order valence-corrected chi connectivity index (χ0v) is 52.3. The number of hydrogen-bond acceptors (Lipinski definition) is 6. The summed E-state index contributed by atoms with van der Waals surface area (Å²) in [6.07, 6.45) is 93.6.